The quantitative estimate of drug-likeness (QED) is 0.829. The van der Waals surface area contributed by atoms with Crippen molar-refractivity contribution in [2.75, 3.05) is 39.4 Å². The highest BCUT2D eigenvalue weighted by Crippen LogP contribution is 2.05. The number of para-hydroxylation sites is 1. The van der Waals surface area contributed by atoms with Crippen LogP contribution in [0.2, 0.25) is 0 Å². The fourth-order valence-corrected chi connectivity index (χ4v) is 2.46. The number of fused-ring (bicyclic) bond motifs is 1. The van der Waals surface area contributed by atoms with Gasteiger partial charge in [-0.15, -0.1) is 0 Å². The molecule has 1 amide bonds. The van der Waals surface area contributed by atoms with Crippen LogP contribution in [0, 0.1) is 0 Å². The molecule has 0 radical (unpaired) electrons. The van der Waals surface area contributed by atoms with E-state index in [1.807, 2.05) is 6.07 Å². The maximum atomic E-state index is 12.3. The van der Waals surface area contributed by atoms with Gasteiger partial charge in [-0.25, -0.2) is 0 Å². The second-order valence-electron chi connectivity index (χ2n) is 5.16. The van der Waals surface area contributed by atoms with Crippen molar-refractivity contribution >= 4 is 16.8 Å². The number of amides is 1. The van der Waals surface area contributed by atoms with Crippen LogP contribution in [-0.4, -0.2) is 60.4 Å². The van der Waals surface area contributed by atoms with Gasteiger partial charge in [0, 0.05) is 31.6 Å². The van der Waals surface area contributed by atoms with E-state index in [-0.39, 0.29) is 11.1 Å². The number of carbonyl (C=O) groups excluding carboxylic acids is 1. The normalized spacial score (nSPS) is 15.8. The number of nitrogens with zero attached hydrogens (tertiary/aromatic N) is 2. The number of aromatic nitrogens is 2. The van der Waals surface area contributed by atoms with Gasteiger partial charge in [-0.1, -0.05) is 12.1 Å². The highest BCUT2D eigenvalue weighted by molar-refractivity contribution is 5.95. The smallest absolute Gasteiger partial charge is 0.275 e. The Balaban J connectivity index is 1.64. The second kappa shape index (κ2) is 6.67. The first-order valence-electron chi connectivity index (χ1n) is 7.31. The topological polar surface area (TPSA) is 87.3 Å². The van der Waals surface area contributed by atoms with E-state index in [1.54, 1.807) is 18.2 Å². The lowest BCUT2D eigenvalue weighted by atomic mass is 10.2. The van der Waals surface area contributed by atoms with E-state index in [2.05, 4.69) is 20.4 Å². The molecule has 2 heterocycles. The number of carbonyl (C=O) groups is 1. The van der Waals surface area contributed by atoms with Crippen LogP contribution in [0.15, 0.2) is 29.1 Å². The van der Waals surface area contributed by atoms with Crippen LogP contribution in [0.3, 0.4) is 0 Å². The summed E-state index contributed by atoms with van der Waals surface area (Å²) in [6.45, 7) is 4.39. The number of H-pyrrole nitrogens is 1. The van der Waals surface area contributed by atoms with E-state index >= 15 is 0 Å². The molecule has 2 N–H and O–H groups in total. The molecule has 0 unspecified atom stereocenters. The fourth-order valence-electron chi connectivity index (χ4n) is 2.46. The molecule has 7 nitrogen and oxygen atoms in total. The Bertz CT molecular complexity index is 722. The average Bonchev–Trinajstić information content (AvgIpc) is 2.56. The standard InChI is InChI=1S/C15H18N4O3/c20-14-11-3-1-2-4-12(11)17-18-13(14)15(21)16-5-6-19-7-9-22-10-8-19/h1-4H,5-10H2,(H,16,21)(H,17,20). The van der Waals surface area contributed by atoms with Crippen LogP contribution < -0.4 is 10.7 Å². The largest absolute Gasteiger partial charge is 0.379 e. The van der Waals surface area contributed by atoms with E-state index in [1.165, 1.54) is 0 Å². The Morgan fingerprint density at radius 3 is 2.91 bits per heavy atom. The summed E-state index contributed by atoms with van der Waals surface area (Å²) in [7, 11) is 0. The molecule has 1 fully saturated rings. The van der Waals surface area contributed by atoms with Gasteiger partial charge in [0.05, 0.1) is 18.7 Å². The molecule has 0 spiro atoms. The van der Waals surface area contributed by atoms with Gasteiger partial charge in [-0.05, 0) is 12.1 Å². The predicted molar refractivity (Wildman–Crippen MR) is 82.0 cm³/mol. The molecule has 1 aromatic heterocycles. The second-order valence-corrected chi connectivity index (χ2v) is 5.16. The van der Waals surface area contributed by atoms with Gasteiger partial charge in [0.15, 0.2) is 5.69 Å². The number of hydrogen-bond donors (Lipinski definition) is 2. The minimum atomic E-state index is -0.444. The summed E-state index contributed by atoms with van der Waals surface area (Å²) in [5.41, 5.74) is 0.177. The van der Waals surface area contributed by atoms with Gasteiger partial charge in [-0.3, -0.25) is 19.6 Å². The third kappa shape index (κ3) is 3.15. The third-order valence-electron chi connectivity index (χ3n) is 3.71. The summed E-state index contributed by atoms with van der Waals surface area (Å²) in [4.78, 5) is 26.6. The lowest BCUT2D eigenvalue weighted by Gasteiger charge is -2.26. The van der Waals surface area contributed by atoms with Gasteiger partial charge < -0.3 is 10.1 Å². The third-order valence-corrected chi connectivity index (χ3v) is 3.71. The lowest BCUT2D eigenvalue weighted by molar-refractivity contribution is 0.0383. The average molecular weight is 302 g/mol. The zero-order valence-electron chi connectivity index (χ0n) is 12.2. The van der Waals surface area contributed by atoms with Crippen LogP contribution in [0.5, 0.6) is 0 Å². The molecule has 0 atom stereocenters. The van der Waals surface area contributed by atoms with Crippen molar-refractivity contribution in [3.63, 3.8) is 0 Å². The predicted octanol–water partition coefficient (Wildman–Crippen LogP) is -0.0149. The Hall–Kier alpha value is -2.25. The first-order valence-corrected chi connectivity index (χ1v) is 7.31. The highest BCUT2D eigenvalue weighted by atomic mass is 16.5. The van der Waals surface area contributed by atoms with Gasteiger partial charge in [0.2, 0.25) is 5.43 Å². The number of ether oxygens (including phenoxy) is 1. The summed E-state index contributed by atoms with van der Waals surface area (Å²) in [5, 5.41) is 9.85. The van der Waals surface area contributed by atoms with Crippen molar-refractivity contribution in [2.45, 2.75) is 0 Å². The molecular weight excluding hydrogens is 284 g/mol. The number of benzene rings is 1. The van der Waals surface area contributed by atoms with Crippen LogP contribution >= 0.6 is 0 Å². The molecule has 1 saturated heterocycles. The van der Waals surface area contributed by atoms with Crippen LogP contribution in [0.1, 0.15) is 10.5 Å². The molecule has 3 rings (SSSR count). The van der Waals surface area contributed by atoms with E-state index in [0.29, 0.717) is 17.4 Å². The summed E-state index contributed by atoms with van der Waals surface area (Å²) in [6, 6.07) is 7.00. The number of nitrogens with one attached hydrogen (secondary N) is 2. The maximum absolute atomic E-state index is 12.3. The fraction of sp³-hybridized carbons (Fsp3) is 0.400. The van der Waals surface area contributed by atoms with Crippen LogP contribution in [0.25, 0.3) is 10.9 Å². The summed E-state index contributed by atoms with van der Waals surface area (Å²) < 4.78 is 5.27. The van der Waals surface area contributed by atoms with Crippen molar-refractivity contribution in [3.8, 4) is 0 Å². The zero-order chi connectivity index (χ0) is 15.4. The number of aromatic amines is 1. The molecule has 22 heavy (non-hydrogen) atoms. The molecule has 7 heteroatoms. The molecule has 0 saturated carbocycles. The SMILES string of the molecule is O=C(NCCN1CCOCC1)c1n[nH]c2ccccc2c1=O. The van der Waals surface area contributed by atoms with Gasteiger partial charge in [0.25, 0.3) is 5.91 Å². The van der Waals surface area contributed by atoms with Crippen molar-refractivity contribution in [2.24, 2.45) is 0 Å². The first-order chi connectivity index (χ1) is 10.8. The minimum Gasteiger partial charge on any atom is -0.379 e. The number of rotatable bonds is 4. The molecule has 1 aliphatic heterocycles. The van der Waals surface area contributed by atoms with E-state index in [4.69, 9.17) is 4.74 Å². The molecule has 0 bridgehead atoms. The van der Waals surface area contributed by atoms with E-state index in [9.17, 15) is 9.59 Å². The van der Waals surface area contributed by atoms with E-state index < -0.39 is 5.91 Å². The highest BCUT2D eigenvalue weighted by Gasteiger charge is 2.15. The summed E-state index contributed by atoms with van der Waals surface area (Å²) >= 11 is 0. The summed E-state index contributed by atoms with van der Waals surface area (Å²) in [5.74, 6) is -0.444. The molecular formula is C15H18N4O3. The zero-order valence-corrected chi connectivity index (χ0v) is 12.2. The Morgan fingerprint density at radius 1 is 1.32 bits per heavy atom. The molecule has 1 aromatic carbocycles. The Labute approximate surface area is 127 Å². The first kappa shape index (κ1) is 14.7. The van der Waals surface area contributed by atoms with Crippen molar-refractivity contribution in [1.29, 1.82) is 0 Å². The Morgan fingerprint density at radius 2 is 2.09 bits per heavy atom. The molecule has 116 valence electrons. The van der Waals surface area contributed by atoms with Crippen LogP contribution in [0.4, 0.5) is 0 Å². The lowest BCUT2D eigenvalue weighted by Crippen LogP contribution is -2.42. The van der Waals surface area contributed by atoms with E-state index in [0.717, 1.165) is 32.8 Å². The summed E-state index contributed by atoms with van der Waals surface area (Å²) in [6.07, 6.45) is 0. The van der Waals surface area contributed by atoms with Gasteiger partial charge >= 0.3 is 0 Å². The number of morpholine rings is 1. The van der Waals surface area contributed by atoms with Crippen molar-refractivity contribution in [1.82, 2.24) is 20.4 Å². The van der Waals surface area contributed by atoms with Crippen molar-refractivity contribution in [3.05, 3.63) is 40.2 Å². The van der Waals surface area contributed by atoms with Gasteiger partial charge in [-0.2, -0.15) is 5.10 Å². The monoisotopic (exact) mass is 302 g/mol. The van der Waals surface area contributed by atoms with Crippen molar-refractivity contribution < 1.29 is 9.53 Å². The molecule has 1 aliphatic rings. The number of hydrogen-bond acceptors (Lipinski definition) is 5. The Kier molecular flexibility index (Phi) is 4.45. The minimum absolute atomic E-state index is 0.0966. The molecule has 0 aliphatic carbocycles. The van der Waals surface area contributed by atoms with Crippen LogP contribution in [-0.2, 0) is 4.74 Å². The van der Waals surface area contributed by atoms with Gasteiger partial charge in [0.1, 0.15) is 0 Å². The maximum Gasteiger partial charge on any atom is 0.275 e. The molecule has 2 aromatic rings.